The van der Waals surface area contributed by atoms with Gasteiger partial charge in [0.1, 0.15) is 11.5 Å². The first-order valence-electron chi connectivity index (χ1n) is 10.2. The van der Waals surface area contributed by atoms with Crippen LogP contribution in [0.25, 0.3) is 11.3 Å². The highest BCUT2D eigenvalue weighted by Crippen LogP contribution is 2.43. The van der Waals surface area contributed by atoms with E-state index in [-0.39, 0.29) is 22.6 Å². The molecule has 0 atom stereocenters. The third-order valence-corrected chi connectivity index (χ3v) is 5.90. The van der Waals surface area contributed by atoms with E-state index >= 15 is 0 Å². The molecule has 0 aromatic heterocycles. The summed E-state index contributed by atoms with van der Waals surface area (Å²) in [6.07, 6.45) is 0. The van der Waals surface area contributed by atoms with Gasteiger partial charge in [-0.3, -0.25) is 9.59 Å². The van der Waals surface area contributed by atoms with E-state index in [4.69, 9.17) is 0 Å². The molecule has 4 nitrogen and oxygen atoms in total. The molecule has 0 fully saturated rings. The summed E-state index contributed by atoms with van der Waals surface area (Å²) < 4.78 is 0. The van der Waals surface area contributed by atoms with Crippen LogP contribution in [-0.2, 0) is 15.6 Å². The second-order valence-electron chi connectivity index (χ2n) is 10.2. The van der Waals surface area contributed by atoms with Crippen LogP contribution >= 0.6 is 0 Å². The lowest BCUT2D eigenvalue weighted by molar-refractivity contribution is -0.110. The fraction of sp³-hybridized carbons (Fsp3) is 0.385. The van der Waals surface area contributed by atoms with Gasteiger partial charge >= 0.3 is 0 Å². The predicted molar refractivity (Wildman–Crippen MR) is 120 cm³/mol. The topological polar surface area (TPSA) is 74.6 Å². The minimum absolute atomic E-state index is 0.00764. The lowest BCUT2D eigenvalue weighted by atomic mass is 9.75. The zero-order chi connectivity index (χ0) is 22.8. The summed E-state index contributed by atoms with van der Waals surface area (Å²) in [6.45, 7) is 15.5. The molecule has 0 saturated carbocycles. The number of aliphatic hydroxyl groups excluding tert-OH is 1. The molecule has 0 bridgehead atoms. The van der Waals surface area contributed by atoms with E-state index in [0.29, 0.717) is 27.8 Å². The van der Waals surface area contributed by atoms with E-state index in [1.807, 2.05) is 54.5 Å². The van der Waals surface area contributed by atoms with Crippen LogP contribution < -0.4 is 0 Å². The fourth-order valence-electron chi connectivity index (χ4n) is 3.97. The molecule has 2 aromatic rings. The normalized spacial score (nSPS) is 14.9. The summed E-state index contributed by atoms with van der Waals surface area (Å²) in [5.41, 5.74) is 3.20. The van der Waals surface area contributed by atoms with Crippen molar-refractivity contribution >= 4 is 22.9 Å². The zero-order valence-corrected chi connectivity index (χ0v) is 19.0. The first kappa shape index (κ1) is 21.8. The van der Waals surface area contributed by atoms with Crippen LogP contribution in [0.1, 0.15) is 85.3 Å². The smallest absolute Gasteiger partial charge is 0.237 e. The van der Waals surface area contributed by atoms with Gasteiger partial charge in [0.05, 0.1) is 5.57 Å². The first-order valence-corrected chi connectivity index (χ1v) is 10.2. The molecule has 0 heterocycles. The van der Waals surface area contributed by atoms with Crippen molar-refractivity contribution in [3.63, 3.8) is 0 Å². The number of allylic oxidation sites excluding steroid dienone is 1. The number of Topliss-reactive ketones (excluding diaryl/α,β-unsaturated/α-hetero) is 2. The number of rotatable bonds is 1. The molecule has 2 N–H and O–H groups in total. The van der Waals surface area contributed by atoms with Crippen LogP contribution in [0.4, 0.5) is 0 Å². The van der Waals surface area contributed by atoms with Crippen LogP contribution in [0.15, 0.2) is 24.3 Å². The van der Waals surface area contributed by atoms with Crippen molar-refractivity contribution in [3.05, 3.63) is 63.2 Å². The Morgan fingerprint density at radius 3 is 1.73 bits per heavy atom. The minimum Gasteiger partial charge on any atom is -0.507 e. The number of aromatic hydroxyl groups is 1. The van der Waals surface area contributed by atoms with E-state index in [1.165, 1.54) is 0 Å². The number of benzene rings is 2. The highest BCUT2D eigenvalue weighted by atomic mass is 16.3. The first-order chi connectivity index (χ1) is 13.7. The SMILES string of the molecule is Cc1ccc2c(c1C)C(=O)C(=O)C(c1cc(C(C)(C)C)c(O)c(C(C)(C)C)c1)=C2O. The highest BCUT2D eigenvalue weighted by Gasteiger charge is 2.37. The standard InChI is InChI=1S/C26H30O4/c1-13-9-10-16-19(14(13)2)23(29)24(30)20(21(16)27)15-11-17(25(3,4)5)22(28)18(12-15)26(6,7)8/h9-12,27-28H,1-8H3. The molecule has 4 heteroatoms. The van der Waals surface area contributed by atoms with E-state index in [2.05, 4.69) is 0 Å². The van der Waals surface area contributed by atoms with Crippen LogP contribution in [0.2, 0.25) is 0 Å². The molecule has 3 rings (SSSR count). The second kappa shape index (κ2) is 6.83. The maximum atomic E-state index is 13.1. The fourth-order valence-corrected chi connectivity index (χ4v) is 3.97. The number of aliphatic hydroxyl groups is 1. The Hall–Kier alpha value is -2.88. The lowest BCUT2D eigenvalue weighted by Gasteiger charge is -2.29. The number of phenolic OH excluding ortho intramolecular Hbond substituents is 1. The number of phenols is 1. The number of carbonyl (C=O) groups is 2. The van der Waals surface area contributed by atoms with Gasteiger partial charge in [-0.05, 0) is 53.5 Å². The zero-order valence-electron chi connectivity index (χ0n) is 19.0. The minimum atomic E-state index is -0.723. The summed E-state index contributed by atoms with van der Waals surface area (Å²) in [5, 5.41) is 22.0. The number of aryl methyl sites for hydroxylation is 1. The molecule has 0 radical (unpaired) electrons. The second-order valence-corrected chi connectivity index (χ2v) is 10.2. The molecule has 1 aliphatic carbocycles. The third-order valence-electron chi connectivity index (χ3n) is 5.90. The number of hydrogen-bond donors (Lipinski definition) is 2. The van der Waals surface area contributed by atoms with Crippen molar-refractivity contribution in [3.8, 4) is 5.75 Å². The Morgan fingerprint density at radius 2 is 1.27 bits per heavy atom. The Bertz CT molecular complexity index is 1080. The largest absolute Gasteiger partial charge is 0.507 e. The summed E-state index contributed by atoms with van der Waals surface area (Å²) in [6, 6.07) is 6.96. The van der Waals surface area contributed by atoms with Gasteiger partial charge in [-0.2, -0.15) is 0 Å². The molecule has 1 aliphatic rings. The van der Waals surface area contributed by atoms with Crippen LogP contribution in [0.3, 0.4) is 0 Å². The molecular formula is C26H30O4. The van der Waals surface area contributed by atoms with Crippen molar-refractivity contribution in [2.24, 2.45) is 0 Å². The molecule has 158 valence electrons. The summed E-state index contributed by atoms with van der Waals surface area (Å²) >= 11 is 0. The Labute approximate surface area is 178 Å². The molecule has 0 spiro atoms. The quantitative estimate of drug-likeness (QED) is 0.587. The number of hydrogen-bond acceptors (Lipinski definition) is 4. The highest BCUT2D eigenvalue weighted by molar-refractivity contribution is 6.62. The molecule has 2 aromatic carbocycles. The monoisotopic (exact) mass is 406 g/mol. The predicted octanol–water partition coefficient (Wildman–Crippen LogP) is 5.80. The van der Waals surface area contributed by atoms with Crippen LogP contribution in [-0.4, -0.2) is 21.8 Å². The third kappa shape index (κ3) is 3.34. The number of ketones is 2. The van der Waals surface area contributed by atoms with Gasteiger partial charge < -0.3 is 10.2 Å². The van der Waals surface area contributed by atoms with Gasteiger partial charge in [-0.1, -0.05) is 53.7 Å². The van der Waals surface area contributed by atoms with E-state index < -0.39 is 22.4 Å². The Morgan fingerprint density at radius 1 is 0.767 bits per heavy atom. The molecule has 0 aliphatic heterocycles. The van der Waals surface area contributed by atoms with E-state index in [0.717, 1.165) is 5.56 Å². The van der Waals surface area contributed by atoms with Crippen molar-refractivity contribution < 1.29 is 19.8 Å². The van der Waals surface area contributed by atoms with Gasteiger partial charge in [0, 0.05) is 22.3 Å². The number of fused-ring (bicyclic) bond motifs is 1. The average molecular weight is 407 g/mol. The maximum absolute atomic E-state index is 13.1. The maximum Gasteiger partial charge on any atom is 0.237 e. The van der Waals surface area contributed by atoms with E-state index in [9.17, 15) is 19.8 Å². The molecule has 30 heavy (non-hydrogen) atoms. The molecular weight excluding hydrogens is 376 g/mol. The van der Waals surface area contributed by atoms with Gasteiger partial charge in [0.2, 0.25) is 11.6 Å². The molecule has 0 amide bonds. The van der Waals surface area contributed by atoms with E-state index in [1.54, 1.807) is 25.1 Å². The average Bonchev–Trinajstić information content (AvgIpc) is 2.61. The van der Waals surface area contributed by atoms with Crippen molar-refractivity contribution in [2.45, 2.75) is 66.2 Å². The van der Waals surface area contributed by atoms with Crippen molar-refractivity contribution in [2.75, 3.05) is 0 Å². The Kier molecular flexibility index (Phi) is 4.97. The molecule has 0 saturated heterocycles. The number of carbonyl (C=O) groups excluding carboxylic acids is 2. The Balaban J connectivity index is 2.41. The van der Waals surface area contributed by atoms with Gasteiger partial charge in [-0.25, -0.2) is 0 Å². The van der Waals surface area contributed by atoms with Gasteiger partial charge in [-0.15, -0.1) is 0 Å². The summed E-state index contributed by atoms with van der Waals surface area (Å²) in [7, 11) is 0. The van der Waals surface area contributed by atoms with Crippen molar-refractivity contribution in [1.29, 1.82) is 0 Å². The lowest BCUT2D eigenvalue weighted by Crippen LogP contribution is -2.25. The van der Waals surface area contributed by atoms with Crippen LogP contribution in [0, 0.1) is 13.8 Å². The molecule has 0 unspecified atom stereocenters. The van der Waals surface area contributed by atoms with Crippen LogP contribution in [0.5, 0.6) is 5.75 Å². The van der Waals surface area contributed by atoms with Crippen molar-refractivity contribution in [1.82, 2.24) is 0 Å². The summed E-state index contributed by atoms with van der Waals surface area (Å²) in [4.78, 5) is 26.1. The summed E-state index contributed by atoms with van der Waals surface area (Å²) in [5.74, 6) is -1.34. The van der Waals surface area contributed by atoms with Gasteiger partial charge in [0.15, 0.2) is 0 Å². The van der Waals surface area contributed by atoms with Gasteiger partial charge in [0.25, 0.3) is 0 Å².